The van der Waals surface area contributed by atoms with E-state index in [1.807, 2.05) is 6.08 Å². The van der Waals surface area contributed by atoms with E-state index in [1.165, 1.54) is 0 Å². The van der Waals surface area contributed by atoms with Crippen molar-refractivity contribution in [3.05, 3.63) is 12.7 Å². The van der Waals surface area contributed by atoms with Gasteiger partial charge in [-0.25, -0.2) is 0 Å². The second-order valence-corrected chi connectivity index (χ2v) is 11.2. The van der Waals surface area contributed by atoms with E-state index in [9.17, 15) is 5.11 Å². The van der Waals surface area contributed by atoms with Crippen molar-refractivity contribution in [1.29, 1.82) is 0 Å². The maximum absolute atomic E-state index is 10.7. The molecule has 0 aliphatic heterocycles. The molecule has 0 spiro atoms. The number of rotatable bonds is 3. The molecular formula is C11H24OSi. The molecule has 0 heterocycles. The molecule has 0 aliphatic rings. The van der Waals surface area contributed by atoms with E-state index in [1.54, 1.807) is 0 Å². The van der Waals surface area contributed by atoms with Crippen LogP contribution in [0.3, 0.4) is 0 Å². The zero-order valence-electron chi connectivity index (χ0n) is 9.94. The molecule has 0 saturated carbocycles. The lowest BCUT2D eigenvalue weighted by Crippen LogP contribution is -2.60. The Morgan fingerprint density at radius 2 is 1.62 bits per heavy atom. The van der Waals surface area contributed by atoms with Crippen molar-refractivity contribution in [2.24, 2.45) is 5.41 Å². The van der Waals surface area contributed by atoms with Crippen molar-refractivity contribution < 1.29 is 5.11 Å². The van der Waals surface area contributed by atoms with Crippen LogP contribution in [0.5, 0.6) is 0 Å². The van der Waals surface area contributed by atoms with Crippen LogP contribution in [0.1, 0.15) is 27.2 Å². The van der Waals surface area contributed by atoms with Gasteiger partial charge in [0, 0.05) is 0 Å². The van der Waals surface area contributed by atoms with E-state index in [0.717, 1.165) is 0 Å². The van der Waals surface area contributed by atoms with Gasteiger partial charge in [-0.3, -0.25) is 0 Å². The summed E-state index contributed by atoms with van der Waals surface area (Å²) in [6, 6.07) is 0. The van der Waals surface area contributed by atoms with Gasteiger partial charge < -0.3 is 5.11 Å². The highest BCUT2D eigenvalue weighted by Gasteiger charge is 2.49. The highest BCUT2D eigenvalue weighted by Crippen LogP contribution is 2.40. The molecule has 2 heteroatoms. The maximum Gasteiger partial charge on any atom is 0.0831 e. The largest absolute Gasteiger partial charge is 0.393 e. The van der Waals surface area contributed by atoms with Gasteiger partial charge in [-0.05, 0) is 11.8 Å². The molecule has 78 valence electrons. The van der Waals surface area contributed by atoms with Crippen molar-refractivity contribution in [1.82, 2.24) is 0 Å². The summed E-state index contributed by atoms with van der Waals surface area (Å²) in [4.78, 5) is 0. The summed E-state index contributed by atoms with van der Waals surface area (Å²) in [5, 5.41) is 10.1. The molecule has 0 aromatic rings. The number of aliphatic hydroxyl groups is 1. The van der Waals surface area contributed by atoms with Crippen molar-refractivity contribution in [2.75, 3.05) is 0 Å². The number of hydrogen-bond donors (Lipinski definition) is 1. The van der Waals surface area contributed by atoms with Gasteiger partial charge in [0.1, 0.15) is 0 Å². The zero-order chi connectivity index (χ0) is 10.9. The monoisotopic (exact) mass is 200 g/mol. The van der Waals surface area contributed by atoms with E-state index < -0.39 is 13.3 Å². The van der Waals surface area contributed by atoms with E-state index in [4.69, 9.17) is 0 Å². The highest BCUT2D eigenvalue weighted by molar-refractivity contribution is 6.79. The zero-order valence-corrected chi connectivity index (χ0v) is 10.9. The Morgan fingerprint density at radius 3 is 1.69 bits per heavy atom. The summed E-state index contributed by atoms with van der Waals surface area (Å²) in [7, 11) is -1.58. The second kappa shape index (κ2) is 3.58. The van der Waals surface area contributed by atoms with Crippen LogP contribution in [0.25, 0.3) is 0 Å². The summed E-state index contributed by atoms with van der Waals surface area (Å²) in [5.74, 6) is 0. The first kappa shape index (κ1) is 12.9. The first-order valence-electron chi connectivity index (χ1n) is 4.89. The van der Waals surface area contributed by atoms with Gasteiger partial charge in [0.05, 0.1) is 13.3 Å². The van der Waals surface area contributed by atoms with Crippen LogP contribution >= 0.6 is 0 Å². The van der Waals surface area contributed by atoms with Crippen LogP contribution in [0.15, 0.2) is 12.7 Å². The van der Waals surface area contributed by atoms with E-state index in [0.29, 0.717) is 6.42 Å². The van der Waals surface area contributed by atoms with Crippen molar-refractivity contribution in [2.45, 2.75) is 52.1 Å². The van der Waals surface area contributed by atoms with Gasteiger partial charge in [0.2, 0.25) is 0 Å². The van der Waals surface area contributed by atoms with E-state index in [2.05, 4.69) is 47.0 Å². The van der Waals surface area contributed by atoms with E-state index >= 15 is 0 Å². The fourth-order valence-corrected chi connectivity index (χ4v) is 4.95. The average molecular weight is 200 g/mol. The smallest absolute Gasteiger partial charge is 0.0831 e. The first-order valence-corrected chi connectivity index (χ1v) is 8.39. The number of hydrogen-bond acceptors (Lipinski definition) is 1. The molecule has 0 fully saturated rings. The molecule has 1 atom stereocenters. The van der Waals surface area contributed by atoms with Crippen LogP contribution in [0, 0.1) is 5.41 Å². The standard InChI is InChI=1S/C11H24OSi/c1-8-9-11(12,10(2,3)4)13(5,6)7/h8,12H,1,9H2,2-7H3. The average Bonchev–Trinajstić information content (AvgIpc) is 1.82. The van der Waals surface area contributed by atoms with Crippen molar-refractivity contribution in [3.8, 4) is 0 Å². The molecule has 13 heavy (non-hydrogen) atoms. The van der Waals surface area contributed by atoms with E-state index in [-0.39, 0.29) is 5.41 Å². The Labute approximate surface area is 83.9 Å². The van der Waals surface area contributed by atoms with Crippen LogP contribution in [0.4, 0.5) is 0 Å². The van der Waals surface area contributed by atoms with Gasteiger partial charge in [0.15, 0.2) is 0 Å². The summed E-state index contributed by atoms with van der Waals surface area (Å²) in [6.07, 6.45) is 2.54. The van der Waals surface area contributed by atoms with Crippen LogP contribution in [0.2, 0.25) is 19.6 Å². The topological polar surface area (TPSA) is 20.2 Å². The Morgan fingerprint density at radius 1 is 1.23 bits per heavy atom. The van der Waals surface area contributed by atoms with Crippen LogP contribution in [-0.2, 0) is 0 Å². The van der Waals surface area contributed by atoms with Crippen LogP contribution in [-0.4, -0.2) is 18.4 Å². The third kappa shape index (κ3) is 2.44. The fraction of sp³-hybridized carbons (Fsp3) is 0.818. The minimum absolute atomic E-state index is 0.0638. The first-order chi connectivity index (χ1) is 5.56. The fourth-order valence-electron chi connectivity index (χ4n) is 1.95. The third-order valence-electron chi connectivity index (χ3n) is 2.92. The SMILES string of the molecule is C=CCC(O)(C(C)(C)C)[Si](C)(C)C. The molecule has 0 bridgehead atoms. The maximum atomic E-state index is 10.7. The molecule has 0 aromatic heterocycles. The predicted molar refractivity (Wildman–Crippen MR) is 62.6 cm³/mol. The highest BCUT2D eigenvalue weighted by atomic mass is 28.3. The van der Waals surface area contributed by atoms with Crippen molar-refractivity contribution in [3.63, 3.8) is 0 Å². The molecule has 0 aromatic carbocycles. The third-order valence-corrected chi connectivity index (χ3v) is 6.36. The Hall–Kier alpha value is -0.0831. The normalized spacial score (nSPS) is 18.1. The van der Waals surface area contributed by atoms with Gasteiger partial charge in [-0.1, -0.05) is 46.5 Å². The molecule has 0 rings (SSSR count). The minimum atomic E-state index is -1.58. The lowest BCUT2D eigenvalue weighted by atomic mass is 9.86. The van der Waals surface area contributed by atoms with Crippen LogP contribution < -0.4 is 0 Å². The summed E-state index contributed by atoms with van der Waals surface area (Å²) < 4.78 is 0. The summed E-state index contributed by atoms with van der Waals surface area (Å²) >= 11 is 0. The Bertz CT molecular complexity index is 169. The van der Waals surface area contributed by atoms with Gasteiger partial charge in [-0.2, -0.15) is 0 Å². The molecular weight excluding hydrogens is 176 g/mol. The lowest BCUT2D eigenvalue weighted by molar-refractivity contribution is 0.0111. The molecule has 1 unspecified atom stereocenters. The minimum Gasteiger partial charge on any atom is -0.393 e. The molecule has 0 radical (unpaired) electrons. The second-order valence-electron chi connectivity index (χ2n) is 5.85. The quantitative estimate of drug-likeness (QED) is 0.548. The molecule has 1 nitrogen and oxygen atoms in total. The Kier molecular flexibility index (Phi) is 3.56. The molecule has 0 amide bonds. The summed E-state index contributed by atoms with van der Waals surface area (Å²) in [5.41, 5.74) is -0.0638. The Balaban J connectivity index is 5.07. The molecule has 0 saturated heterocycles. The van der Waals surface area contributed by atoms with Crippen molar-refractivity contribution >= 4 is 8.07 Å². The molecule has 0 aliphatic carbocycles. The lowest BCUT2D eigenvalue weighted by Gasteiger charge is -2.48. The van der Waals surface area contributed by atoms with Gasteiger partial charge in [0.25, 0.3) is 0 Å². The van der Waals surface area contributed by atoms with Gasteiger partial charge in [-0.15, -0.1) is 6.58 Å². The predicted octanol–water partition coefficient (Wildman–Crippen LogP) is 3.22. The van der Waals surface area contributed by atoms with Gasteiger partial charge >= 0.3 is 0 Å². The summed E-state index contributed by atoms with van der Waals surface area (Å²) in [6.45, 7) is 16.7. The molecule has 1 N–H and O–H groups in total.